The Morgan fingerprint density at radius 3 is 2.72 bits per heavy atom. The monoisotopic (exact) mass is 345 g/mol. The molecule has 0 aromatic heterocycles. The van der Waals surface area contributed by atoms with Crippen LogP contribution in [-0.4, -0.2) is 59.1 Å². The van der Waals surface area contributed by atoms with Crippen molar-refractivity contribution in [3.05, 3.63) is 35.4 Å². The lowest BCUT2D eigenvalue weighted by atomic mass is 9.80. The van der Waals surface area contributed by atoms with Gasteiger partial charge in [-0.1, -0.05) is 24.3 Å². The van der Waals surface area contributed by atoms with E-state index in [2.05, 4.69) is 10.2 Å². The van der Waals surface area contributed by atoms with Crippen LogP contribution in [0.15, 0.2) is 24.3 Å². The third-order valence-corrected chi connectivity index (χ3v) is 5.72. The van der Waals surface area contributed by atoms with Gasteiger partial charge in [-0.2, -0.15) is 0 Å². The number of amides is 3. The van der Waals surface area contributed by atoms with E-state index < -0.39 is 11.6 Å². The van der Waals surface area contributed by atoms with Crippen LogP contribution in [0.2, 0.25) is 0 Å². The highest BCUT2D eigenvalue weighted by Gasteiger charge is 2.51. The van der Waals surface area contributed by atoms with Gasteiger partial charge in [0, 0.05) is 26.1 Å². The van der Waals surface area contributed by atoms with E-state index in [0.717, 1.165) is 30.5 Å². The molecular weight excluding hydrogens is 318 g/mol. The first kappa shape index (κ1) is 17.9. The van der Waals surface area contributed by atoms with Gasteiger partial charge in [0.15, 0.2) is 0 Å². The van der Waals surface area contributed by atoms with Crippen LogP contribution in [0.3, 0.4) is 0 Å². The van der Waals surface area contributed by atoms with E-state index in [1.54, 1.807) is 0 Å². The second kappa shape index (κ2) is 6.77. The second-order valence-corrected chi connectivity index (χ2v) is 7.47. The maximum absolute atomic E-state index is 12.5. The number of likely N-dealkylation sites (tertiary alicyclic amines) is 1. The van der Waals surface area contributed by atoms with Crippen molar-refractivity contribution in [2.45, 2.75) is 38.3 Å². The predicted octanol–water partition coefficient (Wildman–Crippen LogP) is 1.68. The highest BCUT2D eigenvalue weighted by atomic mass is 16.3. The number of carbonyl (C=O) groups is 2. The number of likely N-dealkylation sites (N-methyl/N-ethyl adjacent to an activating group) is 1. The van der Waals surface area contributed by atoms with Crippen molar-refractivity contribution in [2.75, 3.05) is 26.7 Å². The fourth-order valence-corrected chi connectivity index (χ4v) is 4.07. The standard InChI is InChI=1S/C19H27N3O3/c1-13-7-4-5-9-15(13)16(23)12-22-10-6-8-14(11-22)19(2)17(24)21(3)18(25)20-19/h4-5,7,9,14,16,23H,6,8,10-12H2,1-3H3,(H,20,25)/t14-,16-,19+/m1/s1. The van der Waals surface area contributed by atoms with Crippen molar-refractivity contribution < 1.29 is 14.7 Å². The number of rotatable bonds is 4. The largest absolute Gasteiger partial charge is 0.387 e. The van der Waals surface area contributed by atoms with E-state index in [4.69, 9.17) is 0 Å². The molecule has 0 unspecified atom stereocenters. The van der Waals surface area contributed by atoms with Gasteiger partial charge in [0.25, 0.3) is 5.91 Å². The Labute approximate surface area is 148 Å². The molecule has 6 nitrogen and oxygen atoms in total. The van der Waals surface area contributed by atoms with Crippen LogP contribution in [0.25, 0.3) is 0 Å². The average molecular weight is 345 g/mol. The zero-order chi connectivity index (χ0) is 18.2. The van der Waals surface area contributed by atoms with Gasteiger partial charge < -0.3 is 15.3 Å². The summed E-state index contributed by atoms with van der Waals surface area (Å²) in [5.74, 6) is -0.115. The summed E-state index contributed by atoms with van der Waals surface area (Å²) in [4.78, 5) is 27.7. The van der Waals surface area contributed by atoms with Gasteiger partial charge in [-0.25, -0.2) is 4.79 Å². The molecule has 0 spiro atoms. The molecule has 2 fully saturated rings. The maximum Gasteiger partial charge on any atom is 0.324 e. The Morgan fingerprint density at radius 1 is 1.36 bits per heavy atom. The molecule has 2 aliphatic heterocycles. The van der Waals surface area contributed by atoms with Crippen LogP contribution in [0.4, 0.5) is 4.79 Å². The summed E-state index contributed by atoms with van der Waals surface area (Å²) in [6.45, 7) is 5.95. The van der Waals surface area contributed by atoms with E-state index in [-0.39, 0.29) is 17.9 Å². The molecule has 6 heteroatoms. The molecule has 0 aliphatic carbocycles. The quantitative estimate of drug-likeness (QED) is 0.815. The SMILES string of the molecule is Cc1ccccc1[C@H](O)CN1CCC[C@@H]([C@]2(C)NC(=O)N(C)C2=O)C1. The number of aliphatic hydroxyl groups is 1. The lowest BCUT2D eigenvalue weighted by molar-refractivity contribution is -0.132. The molecular formula is C19H27N3O3. The van der Waals surface area contributed by atoms with E-state index >= 15 is 0 Å². The zero-order valence-electron chi connectivity index (χ0n) is 15.2. The van der Waals surface area contributed by atoms with Crippen LogP contribution in [0.1, 0.15) is 37.0 Å². The first-order valence-electron chi connectivity index (χ1n) is 8.89. The summed E-state index contributed by atoms with van der Waals surface area (Å²) >= 11 is 0. The third kappa shape index (κ3) is 3.28. The van der Waals surface area contributed by atoms with Crippen LogP contribution in [-0.2, 0) is 4.79 Å². The van der Waals surface area contributed by atoms with E-state index in [9.17, 15) is 14.7 Å². The average Bonchev–Trinajstić information content (AvgIpc) is 2.79. The topological polar surface area (TPSA) is 72.9 Å². The summed E-state index contributed by atoms with van der Waals surface area (Å²) in [5.41, 5.74) is 1.18. The Balaban J connectivity index is 1.69. The summed E-state index contributed by atoms with van der Waals surface area (Å²) < 4.78 is 0. The van der Waals surface area contributed by atoms with E-state index in [1.165, 1.54) is 11.9 Å². The Bertz CT molecular complexity index is 678. The Morgan fingerprint density at radius 2 is 2.08 bits per heavy atom. The Kier molecular flexibility index (Phi) is 4.84. The molecule has 0 saturated carbocycles. The lowest BCUT2D eigenvalue weighted by Crippen LogP contribution is -2.56. The van der Waals surface area contributed by atoms with Crippen molar-refractivity contribution in [1.29, 1.82) is 0 Å². The van der Waals surface area contributed by atoms with Crippen LogP contribution >= 0.6 is 0 Å². The number of aryl methyl sites for hydroxylation is 1. The molecule has 2 saturated heterocycles. The fraction of sp³-hybridized carbons (Fsp3) is 0.579. The normalized spacial score (nSPS) is 29.0. The number of carbonyl (C=O) groups excluding carboxylic acids is 2. The second-order valence-electron chi connectivity index (χ2n) is 7.47. The number of piperidine rings is 1. The summed E-state index contributed by atoms with van der Waals surface area (Å²) in [5, 5.41) is 13.5. The molecule has 2 N–H and O–H groups in total. The van der Waals surface area contributed by atoms with Crippen molar-refractivity contribution in [3.63, 3.8) is 0 Å². The molecule has 3 amide bonds. The number of nitrogens with zero attached hydrogens (tertiary/aromatic N) is 2. The minimum atomic E-state index is -0.849. The van der Waals surface area contributed by atoms with Crippen molar-refractivity contribution in [1.82, 2.24) is 15.1 Å². The number of imide groups is 1. The van der Waals surface area contributed by atoms with Crippen molar-refractivity contribution in [2.24, 2.45) is 5.92 Å². The number of hydrogen-bond donors (Lipinski definition) is 2. The number of hydrogen-bond acceptors (Lipinski definition) is 4. The summed E-state index contributed by atoms with van der Waals surface area (Å²) in [6, 6.07) is 7.53. The number of β-amino-alcohol motifs (C(OH)–C–C–N with tert-alkyl or cyclic N) is 1. The van der Waals surface area contributed by atoms with Crippen molar-refractivity contribution >= 4 is 11.9 Å². The molecule has 3 rings (SSSR count). The molecule has 0 radical (unpaired) electrons. The molecule has 25 heavy (non-hydrogen) atoms. The van der Waals surface area contributed by atoms with Crippen LogP contribution in [0, 0.1) is 12.8 Å². The number of benzene rings is 1. The smallest absolute Gasteiger partial charge is 0.324 e. The molecule has 2 aliphatic rings. The van der Waals surface area contributed by atoms with Gasteiger partial charge >= 0.3 is 6.03 Å². The minimum absolute atomic E-state index is 0.0479. The van der Waals surface area contributed by atoms with Crippen LogP contribution in [0.5, 0.6) is 0 Å². The van der Waals surface area contributed by atoms with Gasteiger partial charge in [-0.15, -0.1) is 0 Å². The molecule has 1 aromatic rings. The molecule has 0 bridgehead atoms. The molecule has 3 atom stereocenters. The summed E-state index contributed by atoms with van der Waals surface area (Å²) in [7, 11) is 1.52. The molecule has 1 aromatic carbocycles. The summed E-state index contributed by atoms with van der Waals surface area (Å²) in [6.07, 6.45) is 1.30. The van der Waals surface area contributed by atoms with E-state index in [1.807, 2.05) is 38.1 Å². The highest BCUT2D eigenvalue weighted by Crippen LogP contribution is 2.32. The van der Waals surface area contributed by atoms with Crippen molar-refractivity contribution in [3.8, 4) is 0 Å². The van der Waals surface area contributed by atoms with Gasteiger partial charge in [0.2, 0.25) is 0 Å². The molecule has 136 valence electrons. The van der Waals surface area contributed by atoms with Gasteiger partial charge in [-0.05, 0) is 44.4 Å². The third-order valence-electron chi connectivity index (χ3n) is 5.72. The fourth-order valence-electron chi connectivity index (χ4n) is 4.07. The zero-order valence-corrected chi connectivity index (χ0v) is 15.2. The van der Waals surface area contributed by atoms with Gasteiger partial charge in [0.1, 0.15) is 5.54 Å². The highest BCUT2D eigenvalue weighted by molar-refractivity contribution is 6.06. The van der Waals surface area contributed by atoms with E-state index in [0.29, 0.717) is 13.1 Å². The first-order chi connectivity index (χ1) is 11.8. The van der Waals surface area contributed by atoms with Gasteiger partial charge in [0.05, 0.1) is 6.10 Å². The number of urea groups is 1. The lowest BCUT2D eigenvalue weighted by Gasteiger charge is -2.40. The van der Waals surface area contributed by atoms with Gasteiger partial charge in [-0.3, -0.25) is 9.69 Å². The number of aliphatic hydroxyl groups excluding tert-OH is 1. The van der Waals surface area contributed by atoms with Crippen LogP contribution < -0.4 is 5.32 Å². The maximum atomic E-state index is 12.5. The predicted molar refractivity (Wildman–Crippen MR) is 95.0 cm³/mol. The minimum Gasteiger partial charge on any atom is -0.387 e. The molecule has 2 heterocycles. The Hall–Kier alpha value is -1.92. The number of nitrogens with one attached hydrogen (secondary N) is 1. The first-order valence-corrected chi connectivity index (χ1v) is 8.89.